The van der Waals surface area contributed by atoms with Crippen molar-refractivity contribution in [2.75, 3.05) is 19.6 Å². The highest BCUT2D eigenvalue weighted by Crippen LogP contribution is 2.15. The molecule has 1 aromatic carbocycles. The van der Waals surface area contributed by atoms with Gasteiger partial charge in [0.15, 0.2) is 0 Å². The summed E-state index contributed by atoms with van der Waals surface area (Å²) in [6.07, 6.45) is 4.27. The van der Waals surface area contributed by atoms with E-state index >= 15 is 0 Å². The zero-order valence-corrected chi connectivity index (χ0v) is 12.8. The van der Waals surface area contributed by atoms with Gasteiger partial charge in [-0.3, -0.25) is 4.79 Å². The number of aryl methyl sites for hydroxylation is 1. The summed E-state index contributed by atoms with van der Waals surface area (Å²) in [5.74, 6) is 0.000432. The van der Waals surface area contributed by atoms with Gasteiger partial charge in [-0.1, -0.05) is 19.1 Å². The number of carbonyl (C=O) groups is 1. The lowest BCUT2D eigenvalue weighted by Crippen LogP contribution is -2.46. The largest absolute Gasteiger partial charge is 0.340 e. The first-order valence-electron chi connectivity index (χ1n) is 7.95. The molecule has 1 heterocycles. The monoisotopic (exact) mass is 292 g/mol. The van der Waals surface area contributed by atoms with Gasteiger partial charge in [-0.25, -0.2) is 4.39 Å². The average Bonchev–Trinajstić information content (AvgIpc) is 2.52. The molecule has 1 aliphatic heterocycles. The predicted molar refractivity (Wildman–Crippen MR) is 82.6 cm³/mol. The van der Waals surface area contributed by atoms with Crippen molar-refractivity contribution < 1.29 is 9.18 Å². The quantitative estimate of drug-likeness (QED) is 0.874. The molecular formula is C17H25FN2O. The lowest BCUT2D eigenvalue weighted by Gasteiger charge is -2.34. The van der Waals surface area contributed by atoms with Gasteiger partial charge in [0.2, 0.25) is 5.91 Å². The average molecular weight is 292 g/mol. The molecular weight excluding hydrogens is 267 g/mol. The fraction of sp³-hybridized carbons (Fsp3) is 0.588. The molecule has 1 N–H and O–H groups in total. The van der Waals surface area contributed by atoms with Crippen LogP contribution in [0, 0.1) is 5.82 Å². The molecule has 1 aliphatic rings. The second-order valence-corrected chi connectivity index (χ2v) is 5.69. The van der Waals surface area contributed by atoms with E-state index in [-0.39, 0.29) is 11.7 Å². The molecule has 2 rings (SSSR count). The van der Waals surface area contributed by atoms with E-state index in [4.69, 9.17) is 0 Å². The summed E-state index contributed by atoms with van der Waals surface area (Å²) in [6.45, 7) is 4.94. The Kier molecular flexibility index (Phi) is 6.18. The normalized spacial score (nSPS) is 15.9. The number of rotatable bonds is 6. The first-order chi connectivity index (χ1) is 10.2. The van der Waals surface area contributed by atoms with Crippen LogP contribution >= 0.6 is 0 Å². The van der Waals surface area contributed by atoms with Crippen molar-refractivity contribution in [2.24, 2.45) is 0 Å². The number of nitrogens with zero attached hydrogens (tertiary/aromatic N) is 1. The number of hydrogen-bond acceptors (Lipinski definition) is 2. The second kappa shape index (κ2) is 8.13. The van der Waals surface area contributed by atoms with Crippen molar-refractivity contribution >= 4 is 5.91 Å². The molecule has 21 heavy (non-hydrogen) atoms. The van der Waals surface area contributed by atoms with E-state index in [2.05, 4.69) is 17.1 Å². The number of carbonyl (C=O) groups excluding carboxylic acids is 1. The molecule has 0 spiro atoms. The maximum atomic E-state index is 12.9. The van der Waals surface area contributed by atoms with Crippen LogP contribution in [0.2, 0.25) is 0 Å². The molecule has 1 aromatic rings. The maximum absolute atomic E-state index is 12.9. The van der Waals surface area contributed by atoms with Crippen LogP contribution in [-0.4, -0.2) is 36.5 Å². The van der Waals surface area contributed by atoms with Crippen LogP contribution in [-0.2, 0) is 11.2 Å². The van der Waals surface area contributed by atoms with Gasteiger partial charge in [0.1, 0.15) is 5.82 Å². The Hall–Kier alpha value is -1.42. The molecule has 0 bridgehead atoms. The molecule has 0 aliphatic carbocycles. The summed E-state index contributed by atoms with van der Waals surface area (Å²) in [6, 6.07) is 6.81. The molecule has 0 atom stereocenters. The van der Waals surface area contributed by atoms with Crippen LogP contribution < -0.4 is 5.32 Å². The molecule has 0 saturated carbocycles. The van der Waals surface area contributed by atoms with Crippen LogP contribution in [0.15, 0.2) is 24.3 Å². The third kappa shape index (κ3) is 4.81. The zero-order chi connectivity index (χ0) is 15.1. The van der Waals surface area contributed by atoms with Crippen LogP contribution in [0.3, 0.4) is 0 Å². The van der Waals surface area contributed by atoms with E-state index in [0.717, 1.165) is 44.5 Å². The van der Waals surface area contributed by atoms with Gasteiger partial charge in [0.05, 0.1) is 0 Å². The summed E-state index contributed by atoms with van der Waals surface area (Å²) in [5.41, 5.74) is 1.02. The van der Waals surface area contributed by atoms with Gasteiger partial charge in [-0.15, -0.1) is 0 Å². The summed E-state index contributed by atoms with van der Waals surface area (Å²) >= 11 is 0. The van der Waals surface area contributed by atoms with Gasteiger partial charge in [-0.05, 0) is 56.5 Å². The molecule has 0 aromatic heterocycles. The molecule has 116 valence electrons. The van der Waals surface area contributed by atoms with Gasteiger partial charge in [-0.2, -0.15) is 0 Å². The van der Waals surface area contributed by atoms with Crippen LogP contribution in [0.5, 0.6) is 0 Å². The summed E-state index contributed by atoms with van der Waals surface area (Å²) in [4.78, 5) is 14.6. The number of halogens is 1. The fourth-order valence-corrected chi connectivity index (χ4v) is 2.92. The van der Waals surface area contributed by atoms with Crippen molar-refractivity contribution in [1.82, 2.24) is 10.2 Å². The number of benzene rings is 1. The molecule has 4 heteroatoms. The van der Waals surface area contributed by atoms with Gasteiger partial charge < -0.3 is 10.2 Å². The van der Waals surface area contributed by atoms with Crippen LogP contribution in [0.25, 0.3) is 0 Å². The Morgan fingerprint density at radius 1 is 1.29 bits per heavy atom. The molecule has 1 fully saturated rings. The summed E-state index contributed by atoms with van der Waals surface area (Å²) in [5, 5.41) is 3.34. The standard InChI is InChI=1S/C17H25FN2O/c1-2-13-20(16-9-11-19-12-10-16)17(21)8-5-14-3-6-15(18)7-4-14/h3-4,6-7,16,19H,2,5,8-13H2,1H3. The molecule has 0 radical (unpaired) electrons. The topological polar surface area (TPSA) is 32.3 Å². The van der Waals surface area contributed by atoms with Gasteiger partial charge in [0, 0.05) is 19.0 Å². The molecule has 3 nitrogen and oxygen atoms in total. The van der Waals surface area contributed by atoms with Crippen LogP contribution in [0.1, 0.15) is 38.2 Å². The fourth-order valence-electron chi connectivity index (χ4n) is 2.92. The first kappa shape index (κ1) is 16.0. The van der Waals surface area contributed by atoms with E-state index in [1.165, 1.54) is 12.1 Å². The first-order valence-corrected chi connectivity index (χ1v) is 7.95. The smallest absolute Gasteiger partial charge is 0.223 e. The highest BCUT2D eigenvalue weighted by molar-refractivity contribution is 5.76. The highest BCUT2D eigenvalue weighted by atomic mass is 19.1. The van der Waals surface area contributed by atoms with E-state index < -0.39 is 0 Å². The number of amides is 1. The van der Waals surface area contributed by atoms with E-state index in [1.807, 2.05) is 0 Å². The number of hydrogen-bond donors (Lipinski definition) is 1. The van der Waals surface area contributed by atoms with Gasteiger partial charge in [0.25, 0.3) is 0 Å². The Bertz CT molecular complexity index is 441. The minimum atomic E-state index is -0.229. The van der Waals surface area contributed by atoms with E-state index in [0.29, 0.717) is 18.9 Å². The second-order valence-electron chi connectivity index (χ2n) is 5.69. The minimum absolute atomic E-state index is 0.229. The third-order valence-electron chi connectivity index (χ3n) is 4.08. The van der Waals surface area contributed by atoms with Crippen molar-refractivity contribution in [2.45, 2.75) is 45.1 Å². The minimum Gasteiger partial charge on any atom is -0.340 e. The Morgan fingerprint density at radius 2 is 1.95 bits per heavy atom. The number of piperidine rings is 1. The lowest BCUT2D eigenvalue weighted by molar-refractivity contribution is -0.134. The van der Waals surface area contributed by atoms with E-state index in [1.54, 1.807) is 12.1 Å². The van der Waals surface area contributed by atoms with Gasteiger partial charge >= 0.3 is 0 Å². The van der Waals surface area contributed by atoms with Crippen molar-refractivity contribution in [1.29, 1.82) is 0 Å². The number of nitrogens with one attached hydrogen (secondary N) is 1. The Morgan fingerprint density at radius 3 is 2.57 bits per heavy atom. The highest BCUT2D eigenvalue weighted by Gasteiger charge is 2.24. The Labute approximate surface area is 126 Å². The Balaban J connectivity index is 1.89. The zero-order valence-electron chi connectivity index (χ0n) is 12.8. The molecule has 0 unspecified atom stereocenters. The van der Waals surface area contributed by atoms with Crippen molar-refractivity contribution in [3.63, 3.8) is 0 Å². The maximum Gasteiger partial charge on any atom is 0.223 e. The molecule has 1 amide bonds. The lowest BCUT2D eigenvalue weighted by atomic mass is 10.0. The van der Waals surface area contributed by atoms with Crippen LogP contribution in [0.4, 0.5) is 4.39 Å². The van der Waals surface area contributed by atoms with E-state index in [9.17, 15) is 9.18 Å². The third-order valence-corrected chi connectivity index (χ3v) is 4.08. The van der Waals surface area contributed by atoms with Crippen molar-refractivity contribution in [3.05, 3.63) is 35.6 Å². The summed E-state index contributed by atoms with van der Waals surface area (Å²) in [7, 11) is 0. The summed E-state index contributed by atoms with van der Waals surface area (Å²) < 4.78 is 12.9. The predicted octanol–water partition coefficient (Wildman–Crippen LogP) is 2.75. The SMILES string of the molecule is CCCN(C(=O)CCc1ccc(F)cc1)C1CCNCC1. The molecule has 1 saturated heterocycles. The van der Waals surface area contributed by atoms with Crippen molar-refractivity contribution in [3.8, 4) is 0 Å².